The SMILES string of the molecule is CCCc1ccccn1.CN. The maximum Gasteiger partial charge on any atom is 0.0403 e. The van der Waals surface area contributed by atoms with Crippen LogP contribution in [0.15, 0.2) is 24.4 Å². The highest BCUT2D eigenvalue weighted by Gasteiger charge is 1.86. The number of nitrogens with zero attached hydrogens (tertiary/aromatic N) is 1. The van der Waals surface area contributed by atoms with Crippen molar-refractivity contribution in [2.45, 2.75) is 19.8 Å². The minimum atomic E-state index is 1.10. The van der Waals surface area contributed by atoms with Gasteiger partial charge in [-0.25, -0.2) is 0 Å². The summed E-state index contributed by atoms with van der Waals surface area (Å²) in [6, 6.07) is 6.03. The van der Waals surface area contributed by atoms with Gasteiger partial charge in [-0.15, -0.1) is 0 Å². The molecule has 1 heterocycles. The van der Waals surface area contributed by atoms with Gasteiger partial charge in [0.25, 0.3) is 0 Å². The highest BCUT2D eigenvalue weighted by molar-refractivity contribution is 5.02. The average Bonchev–Trinajstić information content (AvgIpc) is 2.11. The quantitative estimate of drug-likeness (QED) is 0.699. The van der Waals surface area contributed by atoms with E-state index in [9.17, 15) is 0 Å². The van der Waals surface area contributed by atoms with Crippen LogP contribution >= 0.6 is 0 Å². The Labute approximate surface area is 68.5 Å². The van der Waals surface area contributed by atoms with Gasteiger partial charge in [0.1, 0.15) is 0 Å². The van der Waals surface area contributed by atoms with Crippen LogP contribution in [0.5, 0.6) is 0 Å². The van der Waals surface area contributed by atoms with Gasteiger partial charge in [-0.1, -0.05) is 19.4 Å². The molecule has 0 saturated carbocycles. The van der Waals surface area contributed by atoms with E-state index in [1.807, 2.05) is 18.3 Å². The fourth-order valence-electron chi connectivity index (χ4n) is 0.802. The van der Waals surface area contributed by atoms with E-state index >= 15 is 0 Å². The van der Waals surface area contributed by atoms with E-state index in [0.717, 1.165) is 6.42 Å². The van der Waals surface area contributed by atoms with Crippen LogP contribution in [-0.4, -0.2) is 12.0 Å². The van der Waals surface area contributed by atoms with Gasteiger partial charge in [0.05, 0.1) is 0 Å². The van der Waals surface area contributed by atoms with Crippen molar-refractivity contribution in [2.75, 3.05) is 7.05 Å². The van der Waals surface area contributed by atoms with E-state index in [4.69, 9.17) is 0 Å². The Balaban J connectivity index is 0.000000461. The first-order chi connectivity index (χ1) is 5.43. The second kappa shape index (κ2) is 7.22. The Morgan fingerprint density at radius 2 is 2.09 bits per heavy atom. The van der Waals surface area contributed by atoms with Crippen LogP contribution < -0.4 is 5.73 Å². The summed E-state index contributed by atoms with van der Waals surface area (Å²) >= 11 is 0. The van der Waals surface area contributed by atoms with E-state index < -0.39 is 0 Å². The molecular weight excluding hydrogens is 136 g/mol. The molecule has 62 valence electrons. The number of rotatable bonds is 2. The lowest BCUT2D eigenvalue weighted by Gasteiger charge is -1.92. The molecule has 1 aromatic rings. The van der Waals surface area contributed by atoms with Gasteiger partial charge >= 0.3 is 0 Å². The zero-order chi connectivity index (χ0) is 8.53. The van der Waals surface area contributed by atoms with Crippen LogP contribution in [0.3, 0.4) is 0 Å². The molecule has 0 aliphatic heterocycles. The summed E-state index contributed by atoms with van der Waals surface area (Å²) in [6.45, 7) is 2.16. The number of nitrogens with two attached hydrogens (primary N) is 1. The van der Waals surface area contributed by atoms with E-state index in [0.29, 0.717) is 0 Å². The van der Waals surface area contributed by atoms with Crippen LogP contribution in [0.4, 0.5) is 0 Å². The van der Waals surface area contributed by atoms with Crippen molar-refractivity contribution in [1.29, 1.82) is 0 Å². The summed E-state index contributed by atoms with van der Waals surface area (Å²) < 4.78 is 0. The van der Waals surface area contributed by atoms with Crippen molar-refractivity contribution < 1.29 is 0 Å². The molecule has 0 bridgehead atoms. The second-order valence-electron chi connectivity index (χ2n) is 2.07. The van der Waals surface area contributed by atoms with Crippen molar-refractivity contribution in [2.24, 2.45) is 5.73 Å². The van der Waals surface area contributed by atoms with Gasteiger partial charge in [0, 0.05) is 11.9 Å². The molecule has 0 fully saturated rings. The molecule has 1 aromatic heterocycles. The van der Waals surface area contributed by atoms with Crippen LogP contribution in [0.2, 0.25) is 0 Å². The Bertz CT molecular complexity index is 160. The largest absolute Gasteiger partial charge is 0.333 e. The number of aryl methyl sites for hydroxylation is 1. The van der Waals surface area contributed by atoms with E-state index in [-0.39, 0.29) is 0 Å². The van der Waals surface area contributed by atoms with Crippen LogP contribution in [0, 0.1) is 0 Å². The molecule has 0 atom stereocenters. The van der Waals surface area contributed by atoms with E-state index in [1.54, 1.807) is 0 Å². The highest BCUT2D eigenvalue weighted by Crippen LogP contribution is 1.95. The minimum absolute atomic E-state index is 1.10. The van der Waals surface area contributed by atoms with E-state index in [1.165, 1.54) is 19.2 Å². The summed E-state index contributed by atoms with van der Waals surface area (Å²) in [5.74, 6) is 0. The summed E-state index contributed by atoms with van der Waals surface area (Å²) in [4.78, 5) is 4.17. The number of hydrogen-bond donors (Lipinski definition) is 1. The Hall–Kier alpha value is -0.890. The maximum absolute atomic E-state index is 4.50. The zero-order valence-electron chi connectivity index (χ0n) is 7.25. The molecule has 2 N–H and O–H groups in total. The normalized spacial score (nSPS) is 8.27. The summed E-state index contributed by atoms with van der Waals surface area (Å²) in [6.07, 6.45) is 4.11. The maximum atomic E-state index is 4.50. The smallest absolute Gasteiger partial charge is 0.0403 e. The van der Waals surface area contributed by atoms with Gasteiger partial charge in [-0.3, -0.25) is 4.98 Å². The fraction of sp³-hybridized carbons (Fsp3) is 0.444. The molecule has 0 radical (unpaired) electrons. The third-order valence-electron chi connectivity index (χ3n) is 1.23. The third-order valence-corrected chi connectivity index (χ3v) is 1.23. The lowest BCUT2D eigenvalue weighted by atomic mass is 10.2. The van der Waals surface area contributed by atoms with Crippen molar-refractivity contribution in [1.82, 2.24) is 4.98 Å². The van der Waals surface area contributed by atoms with Crippen molar-refractivity contribution in [3.8, 4) is 0 Å². The number of hydrogen-bond acceptors (Lipinski definition) is 2. The molecule has 2 nitrogen and oxygen atoms in total. The molecular formula is C9H16N2. The molecule has 0 amide bonds. The molecule has 0 aliphatic rings. The first kappa shape index (κ1) is 10.1. The minimum Gasteiger partial charge on any atom is -0.333 e. The molecule has 2 heteroatoms. The molecule has 0 saturated heterocycles. The van der Waals surface area contributed by atoms with E-state index in [2.05, 4.69) is 23.7 Å². The molecule has 11 heavy (non-hydrogen) atoms. The number of aromatic nitrogens is 1. The highest BCUT2D eigenvalue weighted by atomic mass is 14.7. The average molecular weight is 152 g/mol. The predicted molar refractivity (Wildman–Crippen MR) is 48.3 cm³/mol. The standard InChI is InChI=1S/C8H11N.CH5N/c1-2-5-8-6-3-4-7-9-8;1-2/h3-4,6-7H,2,5H2,1H3;2H2,1H3. The summed E-state index contributed by atoms with van der Waals surface area (Å²) in [5, 5.41) is 0. The fourth-order valence-corrected chi connectivity index (χ4v) is 0.802. The molecule has 0 aromatic carbocycles. The van der Waals surface area contributed by atoms with Crippen molar-refractivity contribution >= 4 is 0 Å². The first-order valence-corrected chi connectivity index (χ1v) is 3.91. The van der Waals surface area contributed by atoms with Gasteiger partial charge in [-0.2, -0.15) is 0 Å². The molecule has 0 aliphatic carbocycles. The third kappa shape index (κ3) is 4.51. The van der Waals surface area contributed by atoms with Gasteiger partial charge in [-0.05, 0) is 25.6 Å². The van der Waals surface area contributed by atoms with Crippen molar-refractivity contribution in [3.05, 3.63) is 30.1 Å². The molecule has 0 spiro atoms. The lowest BCUT2D eigenvalue weighted by molar-refractivity contribution is 0.883. The lowest BCUT2D eigenvalue weighted by Crippen LogP contribution is -1.84. The van der Waals surface area contributed by atoms with Crippen molar-refractivity contribution in [3.63, 3.8) is 0 Å². The summed E-state index contributed by atoms with van der Waals surface area (Å²) in [7, 11) is 1.50. The predicted octanol–water partition coefficient (Wildman–Crippen LogP) is 1.61. The van der Waals surface area contributed by atoms with Crippen LogP contribution in [0.25, 0.3) is 0 Å². The molecule has 0 unspecified atom stereocenters. The number of pyridine rings is 1. The Morgan fingerprint density at radius 3 is 2.55 bits per heavy atom. The van der Waals surface area contributed by atoms with Crippen LogP contribution in [0.1, 0.15) is 19.0 Å². The van der Waals surface area contributed by atoms with Crippen LogP contribution in [-0.2, 0) is 6.42 Å². The van der Waals surface area contributed by atoms with Gasteiger partial charge < -0.3 is 5.73 Å². The topological polar surface area (TPSA) is 38.9 Å². The summed E-state index contributed by atoms with van der Waals surface area (Å²) in [5.41, 5.74) is 5.69. The van der Waals surface area contributed by atoms with Gasteiger partial charge in [0.15, 0.2) is 0 Å². The van der Waals surface area contributed by atoms with Gasteiger partial charge in [0.2, 0.25) is 0 Å². The zero-order valence-corrected chi connectivity index (χ0v) is 7.25. The monoisotopic (exact) mass is 152 g/mol. The molecule has 1 rings (SSSR count). The second-order valence-corrected chi connectivity index (χ2v) is 2.07. The first-order valence-electron chi connectivity index (χ1n) is 3.91. The Kier molecular flexibility index (Phi) is 6.64. The Morgan fingerprint density at radius 1 is 1.36 bits per heavy atom.